The normalized spacial score (nSPS) is 23.2. The number of thiophene rings is 1. The summed E-state index contributed by atoms with van der Waals surface area (Å²) in [5.74, 6) is -0.466. The molecule has 2 unspecified atom stereocenters. The molecule has 0 aliphatic carbocycles. The van der Waals surface area contributed by atoms with Gasteiger partial charge in [0, 0.05) is 49.7 Å². The van der Waals surface area contributed by atoms with E-state index >= 15 is 0 Å². The number of rotatable bonds is 5. The maximum atomic E-state index is 13.5. The van der Waals surface area contributed by atoms with Crippen LogP contribution in [-0.4, -0.2) is 99.5 Å². The lowest BCUT2D eigenvalue weighted by molar-refractivity contribution is -0.0440. The summed E-state index contributed by atoms with van der Waals surface area (Å²) >= 11 is 1.44. The average molecular weight is 563 g/mol. The van der Waals surface area contributed by atoms with Gasteiger partial charge < -0.3 is 24.6 Å². The summed E-state index contributed by atoms with van der Waals surface area (Å²) < 4.78 is 38.9. The molecule has 2 aromatic rings. The molecule has 38 heavy (non-hydrogen) atoms. The van der Waals surface area contributed by atoms with E-state index in [1.165, 1.54) is 39.9 Å². The number of nitrogens with zero attached hydrogens (tertiary/aromatic N) is 3. The van der Waals surface area contributed by atoms with Gasteiger partial charge in [-0.15, -0.1) is 11.3 Å². The van der Waals surface area contributed by atoms with E-state index in [0.717, 1.165) is 30.0 Å². The van der Waals surface area contributed by atoms with Crippen LogP contribution < -0.4 is 5.32 Å². The van der Waals surface area contributed by atoms with Crippen LogP contribution in [0.2, 0.25) is 0 Å². The van der Waals surface area contributed by atoms with Crippen molar-refractivity contribution in [3.63, 3.8) is 0 Å². The summed E-state index contributed by atoms with van der Waals surface area (Å²) in [6.45, 7) is 7.89. The number of ether oxygens (including phenoxy) is 2. The van der Waals surface area contributed by atoms with Gasteiger partial charge in [0.15, 0.2) is 0 Å². The highest BCUT2D eigenvalue weighted by atomic mass is 32.2. The summed E-state index contributed by atoms with van der Waals surface area (Å²) in [6.07, 6.45) is 0.364. The highest BCUT2D eigenvalue weighted by Gasteiger charge is 2.33. The average Bonchev–Trinajstić information content (AvgIpc) is 3.24. The van der Waals surface area contributed by atoms with Crippen molar-refractivity contribution in [2.45, 2.75) is 43.9 Å². The van der Waals surface area contributed by atoms with Gasteiger partial charge in [-0.3, -0.25) is 9.59 Å². The van der Waals surface area contributed by atoms with E-state index in [4.69, 9.17) is 9.47 Å². The molecule has 206 valence electrons. The highest BCUT2D eigenvalue weighted by molar-refractivity contribution is 7.89. The zero-order valence-corrected chi connectivity index (χ0v) is 23.6. The number of carbonyl (C=O) groups excluding carboxylic acids is 2. The van der Waals surface area contributed by atoms with Crippen molar-refractivity contribution in [2.24, 2.45) is 0 Å². The first-order valence-electron chi connectivity index (χ1n) is 12.9. The first-order valence-corrected chi connectivity index (χ1v) is 15.2. The first kappa shape index (κ1) is 27.2. The minimum absolute atomic E-state index is 0.0823. The van der Waals surface area contributed by atoms with Crippen molar-refractivity contribution in [3.8, 4) is 0 Å². The third-order valence-electron chi connectivity index (χ3n) is 7.13. The minimum atomic E-state index is -3.71. The van der Waals surface area contributed by atoms with Crippen LogP contribution in [0, 0.1) is 0 Å². The van der Waals surface area contributed by atoms with Gasteiger partial charge in [0.1, 0.15) is 5.00 Å². The molecule has 12 heteroatoms. The number of amides is 2. The van der Waals surface area contributed by atoms with E-state index in [-0.39, 0.29) is 42.0 Å². The monoisotopic (exact) mass is 562 g/mol. The molecule has 2 fully saturated rings. The van der Waals surface area contributed by atoms with E-state index in [9.17, 15) is 18.0 Å². The number of benzene rings is 1. The summed E-state index contributed by atoms with van der Waals surface area (Å²) in [6, 6.07) is 5.95. The fourth-order valence-electron chi connectivity index (χ4n) is 5.20. The summed E-state index contributed by atoms with van der Waals surface area (Å²) in [5, 5.41) is 3.50. The number of morpholine rings is 2. The zero-order valence-electron chi connectivity index (χ0n) is 21.9. The molecule has 1 N–H and O–H groups in total. The Kier molecular flexibility index (Phi) is 7.90. The van der Waals surface area contributed by atoms with Crippen LogP contribution in [0.4, 0.5) is 5.00 Å². The molecule has 4 heterocycles. The van der Waals surface area contributed by atoms with Crippen molar-refractivity contribution < 1.29 is 27.5 Å². The second kappa shape index (κ2) is 11.0. The van der Waals surface area contributed by atoms with Crippen LogP contribution in [0.5, 0.6) is 0 Å². The molecule has 0 radical (unpaired) electrons. The molecule has 0 bridgehead atoms. The molecule has 0 saturated carbocycles. The lowest BCUT2D eigenvalue weighted by Crippen LogP contribution is -2.48. The third-order valence-corrected chi connectivity index (χ3v) is 10.1. The Morgan fingerprint density at radius 3 is 2.34 bits per heavy atom. The Morgan fingerprint density at radius 1 is 1.03 bits per heavy atom. The Labute approximate surface area is 227 Å². The van der Waals surface area contributed by atoms with Crippen molar-refractivity contribution in [3.05, 3.63) is 45.8 Å². The van der Waals surface area contributed by atoms with Gasteiger partial charge >= 0.3 is 0 Å². The number of fused-ring (bicyclic) bond motifs is 1. The van der Waals surface area contributed by atoms with Crippen LogP contribution in [-0.2, 0) is 32.5 Å². The van der Waals surface area contributed by atoms with Crippen molar-refractivity contribution >= 4 is 38.2 Å². The smallest absolute Gasteiger partial charge is 0.257 e. The van der Waals surface area contributed by atoms with Gasteiger partial charge in [-0.1, -0.05) is 0 Å². The zero-order chi connectivity index (χ0) is 27.0. The Morgan fingerprint density at radius 2 is 1.68 bits per heavy atom. The standard InChI is InChI=1S/C26H34N4O6S2/c1-17-14-30(15-18(2)36-17)38(33,34)20-6-4-19(5-7-20)24(31)27-25-23(26(32)29-10-12-35-13-11-29)21-8-9-28(3)16-22(21)37-25/h4-7,17-18H,8-16H2,1-3H3,(H,27,31). The Bertz CT molecular complexity index is 1290. The van der Waals surface area contributed by atoms with Crippen LogP contribution in [0.15, 0.2) is 29.2 Å². The van der Waals surface area contributed by atoms with Gasteiger partial charge in [-0.2, -0.15) is 4.31 Å². The van der Waals surface area contributed by atoms with Gasteiger partial charge in [-0.05, 0) is 57.1 Å². The molecule has 5 rings (SSSR count). The number of hydrogen-bond donors (Lipinski definition) is 1. The van der Waals surface area contributed by atoms with E-state index in [1.54, 1.807) is 4.90 Å². The molecule has 10 nitrogen and oxygen atoms in total. The van der Waals surface area contributed by atoms with Crippen LogP contribution in [0.3, 0.4) is 0 Å². The largest absolute Gasteiger partial charge is 0.378 e. The molecular formula is C26H34N4O6S2. The van der Waals surface area contributed by atoms with E-state index in [0.29, 0.717) is 42.4 Å². The quantitative estimate of drug-likeness (QED) is 0.596. The molecule has 2 saturated heterocycles. The van der Waals surface area contributed by atoms with Gasteiger partial charge in [0.05, 0.1) is 35.9 Å². The molecule has 3 aliphatic rings. The minimum Gasteiger partial charge on any atom is -0.378 e. The molecule has 2 atom stereocenters. The molecular weight excluding hydrogens is 528 g/mol. The third kappa shape index (κ3) is 5.51. The topological polar surface area (TPSA) is 108 Å². The maximum Gasteiger partial charge on any atom is 0.257 e. The summed E-state index contributed by atoms with van der Waals surface area (Å²) in [7, 11) is -1.67. The van der Waals surface area contributed by atoms with Crippen molar-refractivity contribution in [2.75, 3.05) is 58.3 Å². The summed E-state index contributed by atoms with van der Waals surface area (Å²) in [4.78, 5) is 32.0. The fraction of sp³-hybridized carbons (Fsp3) is 0.538. The first-order chi connectivity index (χ1) is 18.1. The fourth-order valence-corrected chi connectivity index (χ4v) is 8.11. The second-order valence-electron chi connectivity index (χ2n) is 10.2. The predicted molar refractivity (Wildman–Crippen MR) is 144 cm³/mol. The highest BCUT2D eigenvalue weighted by Crippen LogP contribution is 2.38. The van der Waals surface area contributed by atoms with Gasteiger partial charge in [0.2, 0.25) is 10.0 Å². The number of likely N-dealkylation sites (N-methyl/N-ethyl adjacent to an activating group) is 1. The van der Waals surface area contributed by atoms with Crippen molar-refractivity contribution in [1.29, 1.82) is 0 Å². The maximum absolute atomic E-state index is 13.5. The van der Waals surface area contributed by atoms with Crippen LogP contribution in [0.1, 0.15) is 45.0 Å². The second-order valence-corrected chi connectivity index (χ2v) is 13.2. The van der Waals surface area contributed by atoms with Crippen molar-refractivity contribution in [1.82, 2.24) is 14.1 Å². The van der Waals surface area contributed by atoms with E-state index in [1.807, 2.05) is 20.9 Å². The predicted octanol–water partition coefficient (Wildman–Crippen LogP) is 2.26. The Hall–Kier alpha value is -2.35. The molecule has 2 amide bonds. The lowest BCUT2D eigenvalue weighted by atomic mass is 10.0. The molecule has 3 aliphatic heterocycles. The number of nitrogens with one attached hydrogen (secondary N) is 1. The molecule has 0 spiro atoms. The van der Waals surface area contributed by atoms with E-state index in [2.05, 4.69) is 10.2 Å². The summed E-state index contributed by atoms with van der Waals surface area (Å²) in [5.41, 5.74) is 1.90. The number of anilines is 1. The van der Waals surface area contributed by atoms with Gasteiger partial charge in [0.25, 0.3) is 11.8 Å². The SMILES string of the molecule is CC1CN(S(=O)(=O)c2ccc(C(=O)Nc3sc4c(c3C(=O)N3CCOCC3)CCN(C)C4)cc2)CC(C)O1. The molecule has 1 aromatic heterocycles. The van der Waals surface area contributed by atoms with Gasteiger partial charge in [-0.25, -0.2) is 8.42 Å². The number of sulfonamides is 1. The Balaban J connectivity index is 1.37. The molecule has 1 aromatic carbocycles. The van der Waals surface area contributed by atoms with Crippen LogP contribution >= 0.6 is 11.3 Å². The lowest BCUT2D eigenvalue weighted by Gasteiger charge is -2.34. The van der Waals surface area contributed by atoms with Crippen LogP contribution in [0.25, 0.3) is 0 Å². The number of carbonyl (C=O) groups is 2. The van der Waals surface area contributed by atoms with E-state index < -0.39 is 10.0 Å². The number of hydrogen-bond acceptors (Lipinski definition) is 8.